The summed E-state index contributed by atoms with van der Waals surface area (Å²) in [4.78, 5) is 0.314. The van der Waals surface area contributed by atoms with E-state index < -0.39 is 9.84 Å². The zero-order chi connectivity index (χ0) is 16.1. The van der Waals surface area contributed by atoms with Crippen molar-refractivity contribution in [1.29, 1.82) is 0 Å². The van der Waals surface area contributed by atoms with Crippen molar-refractivity contribution < 1.29 is 13.2 Å². The molecule has 0 aromatic heterocycles. The minimum absolute atomic E-state index is 0.0870. The molecular formula is C16H27NO3S. The molecule has 1 aromatic carbocycles. The molecule has 5 heteroatoms. The number of ether oxygens (including phenoxy) is 1. The van der Waals surface area contributed by atoms with Gasteiger partial charge in [0.1, 0.15) is 5.75 Å². The average molecular weight is 313 g/mol. The van der Waals surface area contributed by atoms with Crippen LogP contribution >= 0.6 is 0 Å². The topological polar surface area (TPSA) is 55.4 Å². The molecule has 1 unspecified atom stereocenters. The lowest BCUT2D eigenvalue weighted by molar-refractivity contribution is 0.288. The molecule has 21 heavy (non-hydrogen) atoms. The maximum atomic E-state index is 12.6. The van der Waals surface area contributed by atoms with E-state index in [2.05, 4.69) is 33.0 Å². The Morgan fingerprint density at radius 2 is 1.95 bits per heavy atom. The molecule has 0 amide bonds. The van der Waals surface area contributed by atoms with E-state index in [9.17, 15) is 8.42 Å². The summed E-state index contributed by atoms with van der Waals surface area (Å²) in [6.07, 6.45) is 0.978. The Kier molecular flexibility index (Phi) is 6.23. The van der Waals surface area contributed by atoms with Gasteiger partial charge in [0.2, 0.25) is 0 Å². The molecule has 0 saturated carbocycles. The molecule has 0 radical (unpaired) electrons. The highest BCUT2D eigenvalue weighted by Crippen LogP contribution is 2.25. The number of nitrogens with one attached hydrogen (secondary N) is 1. The van der Waals surface area contributed by atoms with E-state index >= 15 is 0 Å². The highest BCUT2D eigenvalue weighted by molar-refractivity contribution is 7.91. The number of rotatable bonds is 7. The van der Waals surface area contributed by atoms with E-state index in [4.69, 9.17) is 4.74 Å². The molecular weight excluding hydrogens is 286 g/mol. The first kappa shape index (κ1) is 18.0. The molecule has 0 bridgehead atoms. The SMILES string of the molecule is CCCNC(CS(=O)(=O)c1cccc(OC)c1)C(C)(C)C. The summed E-state index contributed by atoms with van der Waals surface area (Å²) in [5.41, 5.74) is -0.124. The van der Waals surface area contributed by atoms with Gasteiger partial charge in [0.15, 0.2) is 9.84 Å². The van der Waals surface area contributed by atoms with Gasteiger partial charge >= 0.3 is 0 Å². The molecule has 0 aliphatic rings. The summed E-state index contributed by atoms with van der Waals surface area (Å²) >= 11 is 0. The number of hydrogen-bond donors (Lipinski definition) is 1. The molecule has 0 aliphatic heterocycles. The Morgan fingerprint density at radius 1 is 1.29 bits per heavy atom. The van der Waals surface area contributed by atoms with Crippen LogP contribution in [-0.2, 0) is 9.84 Å². The van der Waals surface area contributed by atoms with Crippen molar-refractivity contribution >= 4 is 9.84 Å². The second kappa shape index (κ2) is 7.27. The number of methoxy groups -OCH3 is 1. The molecule has 0 saturated heterocycles. The van der Waals surface area contributed by atoms with Gasteiger partial charge in [-0.1, -0.05) is 33.8 Å². The lowest BCUT2D eigenvalue weighted by Gasteiger charge is -2.31. The van der Waals surface area contributed by atoms with Crippen LogP contribution in [0, 0.1) is 5.41 Å². The van der Waals surface area contributed by atoms with Crippen LogP contribution in [0.1, 0.15) is 34.1 Å². The van der Waals surface area contributed by atoms with Gasteiger partial charge in [-0.05, 0) is 36.6 Å². The Labute approximate surface area is 128 Å². The number of benzene rings is 1. The van der Waals surface area contributed by atoms with Crippen molar-refractivity contribution in [2.24, 2.45) is 5.41 Å². The predicted octanol–water partition coefficient (Wildman–Crippen LogP) is 2.88. The van der Waals surface area contributed by atoms with Crippen LogP contribution in [0.5, 0.6) is 5.75 Å². The van der Waals surface area contributed by atoms with Crippen molar-refractivity contribution in [2.45, 2.75) is 45.1 Å². The van der Waals surface area contributed by atoms with Crippen LogP contribution in [0.25, 0.3) is 0 Å². The van der Waals surface area contributed by atoms with Gasteiger partial charge in [-0.2, -0.15) is 0 Å². The Hall–Kier alpha value is -1.07. The fraction of sp³-hybridized carbons (Fsp3) is 0.625. The summed E-state index contributed by atoms with van der Waals surface area (Å²) in [6.45, 7) is 9.06. The third-order valence-corrected chi connectivity index (χ3v) is 5.22. The van der Waals surface area contributed by atoms with Crippen LogP contribution < -0.4 is 10.1 Å². The number of sulfone groups is 1. The quantitative estimate of drug-likeness (QED) is 0.841. The van der Waals surface area contributed by atoms with Gasteiger partial charge in [0.05, 0.1) is 17.8 Å². The van der Waals surface area contributed by atoms with Gasteiger partial charge in [-0.3, -0.25) is 0 Å². The summed E-state index contributed by atoms with van der Waals surface area (Å²) in [6, 6.07) is 6.56. The molecule has 0 heterocycles. The largest absolute Gasteiger partial charge is 0.497 e. The molecule has 4 nitrogen and oxygen atoms in total. The van der Waals surface area contributed by atoms with Crippen molar-refractivity contribution in [1.82, 2.24) is 5.32 Å². The summed E-state index contributed by atoms with van der Waals surface area (Å²) in [7, 11) is -1.81. The molecule has 1 aromatic rings. The maximum Gasteiger partial charge on any atom is 0.180 e. The molecule has 0 fully saturated rings. The lowest BCUT2D eigenvalue weighted by Crippen LogP contribution is -2.45. The number of hydrogen-bond acceptors (Lipinski definition) is 4. The van der Waals surface area contributed by atoms with Crippen molar-refractivity contribution in [3.05, 3.63) is 24.3 Å². The molecule has 1 N–H and O–H groups in total. The van der Waals surface area contributed by atoms with Crippen molar-refractivity contribution in [3.8, 4) is 5.75 Å². The molecule has 0 spiro atoms. The summed E-state index contributed by atoms with van der Waals surface area (Å²) in [5.74, 6) is 0.647. The molecule has 1 rings (SSSR count). The minimum atomic E-state index is -3.35. The predicted molar refractivity (Wildman–Crippen MR) is 86.6 cm³/mol. The van der Waals surface area contributed by atoms with Crippen LogP contribution in [0.2, 0.25) is 0 Å². The van der Waals surface area contributed by atoms with E-state index in [1.54, 1.807) is 24.3 Å². The van der Waals surface area contributed by atoms with Crippen molar-refractivity contribution in [3.63, 3.8) is 0 Å². The fourth-order valence-corrected chi connectivity index (χ4v) is 3.87. The summed E-state index contributed by atoms with van der Waals surface area (Å²) < 4.78 is 30.4. The van der Waals surface area contributed by atoms with Gasteiger partial charge in [0, 0.05) is 6.04 Å². The van der Waals surface area contributed by atoms with Crippen LogP contribution in [0.3, 0.4) is 0 Å². The Bertz CT molecular complexity index is 547. The third-order valence-electron chi connectivity index (χ3n) is 3.47. The highest BCUT2D eigenvalue weighted by atomic mass is 32.2. The second-order valence-corrected chi connectivity index (χ2v) is 8.37. The Morgan fingerprint density at radius 3 is 2.48 bits per heavy atom. The smallest absolute Gasteiger partial charge is 0.180 e. The van der Waals surface area contributed by atoms with Crippen LogP contribution in [0.4, 0.5) is 0 Å². The maximum absolute atomic E-state index is 12.6. The first-order valence-corrected chi connectivity index (χ1v) is 8.96. The summed E-state index contributed by atoms with van der Waals surface area (Å²) in [5, 5.41) is 3.35. The molecule has 0 aliphatic carbocycles. The van der Waals surface area contributed by atoms with Gasteiger partial charge in [-0.25, -0.2) is 8.42 Å². The van der Waals surface area contributed by atoms with E-state index in [1.165, 1.54) is 7.11 Å². The highest BCUT2D eigenvalue weighted by Gasteiger charge is 2.30. The second-order valence-electron chi connectivity index (χ2n) is 6.33. The van der Waals surface area contributed by atoms with E-state index in [1.807, 2.05) is 0 Å². The van der Waals surface area contributed by atoms with Crippen LogP contribution in [-0.4, -0.2) is 33.9 Å². The first-order chi connectivity index (χ1) is 9.70. The van der Waals surface area contributed by atoms with E-state index in [-0.39, 0.29) is 17.2 Å². The van der Waals surface area contributed by atoms with E-state index in [0.717, 1.165) is 13.0 Å². The third kappa shape index (κ3) is 5.32. The monoisotopic (exact) mass is 313 g/mol. The zero-order valence-corrected chi connectivity index (χ0v) is 14.5. The van der Waals surface area contributed by atoms with E-state index in [0.29, 0.717) is 10.6 Å². The van der Waals surface area contributed by atoms with Gasteiger partial charge < -0.3 is 10.1 Å². The average Bonchev–Trinajstić information content (AvgIpc) is 2.42. The lowest BCUT2D eigenvalue weighted by atomic mass is 9.88. The minimum Gasteiger partial charge on any atom is -0.497 e. The zero-order valence-electron chi connectivity index (χ0n) is 13.6. The normalized spacial score (nSPS) is 14.0. The first-order valence-electron chi connectivity index (χ1n) is 7.31. The Balaban J connectivity index is 2.99. The van der Waals surface area contributed by atoms with Crippen LogP contribution in [0.15, 0.2) is 29.2 Å². The fourth-order valence-electron chi connectivity index (χ4n) is 2.04. The van der Waals surface area contributed by atoms with Gasteiger partial charge in [0.25, 0.3) is 0 Å². The molecule has 120 valence electrons. The molecule has 1 atom stereocenters. The van der Waals surface area contributed by atoms with Gasteiger partial charge in [-0.15, -0.1) is 0 Å². The van der Waals surface area contributed by atoms with Crippen molar-refractivity contribution in [2.75, 3.05) is 19.4 Å². The standard InChI is InChI=1S/C16H27NO3S/c1-6-10-17-15(16(2,3)4)12-21(18,19)14-9-7-8-13(11-14)20-5/h7-9,11,15,17H,6,10,12H2,1-5H3.